The number of rotatable bonds is 4. The van der Waals surface area contributed by atoms with Gasteiger partial charge in [0.05, 0.1) is 11.3 Å². The smallest absolute Gasteiger partial charge is 0.319 e. The van der Waals surface area contributed by atoms with Gasteiger partial charge in [0.25, 0.3) is 5.91 Å². The Bertz CT molecular complexity index is 1230. The molecule has 0 aliphatic carbocycles. The Kier molecular flexibility index (Phi) is 5.29. The molecule has 1 amide bonds. The number of aryl methyl sites for hydroxylation is 1. The molecule has 1 heterocycles. The molecular weight excluding hydrogens is 405 g/mol. The molecule has 31 heavy (non-hydrogen) atoms. The number of nitrogens with zero attached hydrogens (tertiary/aromatic N) is 3. The number of hydrogen-bond acceptors (Lipinski definition) is 3. The Morgan fingerprint density at radius 1 is 0.935 bits per heavy atom. The SMILES string of the molecule is Cc1cccc(-n2nc(C(=O)Nc3cccc(C(F)(F)F)c3)nc2-c2ccccc2)c1. The lowest BCUT2D eigenvalue weighted by Crippen LogP contribution is -2.15. The van der Waals surface area contributed by atoms with E-state index in [0.717, 1.165) is 23.3 Å². The minimum absolute atomic E-state index is 0.00740. The normalized spacial score (nSPS) is 11.4. The van der Waals surface area contributed by atoms with Crippen LogP contribution in [0.15, 0.2) is 78.9 Å². The second kappa shape index (κ2) is 8.06. The maximum absolute atomic E-state index is 13.0. The summed E-state index contributed by atoms with van der Waals surface area (Å²) in [5.41, 5.74) is 1.61. The number of nitrogens with one attached hydrogen (secondary N) is 1. The molecule has 1 aromatic heterocycles. The minimum Gasteiger partial charge on any atom is -0.319 e. The number of benzene rings is 3. The molecule has 0 atom stereocenters. The molecule has 0 fully saturated rings. The third-order valence-corrected chi connectivity index (χ3v) is 4.54. The van der Waals surface area contributed by atoms with Crippen LogP contribution >= 0.6 is 0 Å². The fraction of sp³-hybridized carbons (Fsp3) is 0.0870. The number of carbonyl (C=O) groups excluding carboxylic acids is 1. The van der Waals surface area contributed by atoms with Gasteiger partial charge in [0.15, 0.2) is 5.82 Å². The Hall–Kier alpha value is -3.94. The molecule has 0 bridgehead atoms. The van der Waals surface area contributed by atoms with Crippen molar-refractivity contribution in [3.8, 4) is 17.1 Å². The van der Waals surface area contributed by atoms with Crippen LogP contribution in [0, 0.1) is 6.92 Å². The molecule has 0 spiro atoms. The minimum atomic E-state index is -4.51. The molecule has 0 aliphatic rings. The molecule has 4 aromatic rings. The number of aromatic nitrogens is 3. The lowest BCUT2D eigenvalue weighted by atomic mass is 10.2. The third-order valence-electron chi connectivity index (χ3n) is 4.54. The molecule has 0 unspecified atom stereocenters. The summed E-state index contributed by atoms with van der Waals surface area (Å²) in [6.45, 7) is 1.93. The zero-order valence-electron chi connectivity index (χ0n) is 16.4. The molecule has 4 rings (SSSR count). The van der Waals surface area contributed by atoms with Gasteiger partial charge in [-0.25, -0.2) is 9.67 Å². The molecular formula is C23H17F3N4O. The van der Waals surface area contributed by atoms with E-state index in [-0.39, 0.29) is 11.5 Å². The van der Waals surface area contributed by atoms with E-state index in [0.29, 0.717) is 11.5 Å². The topological polar surface area (TPSA) is 59.8 Å². The van der Waals surface area contributed by atoms with Crippen LogP contribution in [0.5, 0.6) is 0 Å². The monoisotopic (exact) mass is 422 g/mol. The van der Waals surface area contributed by atoms with Gasteiger partial charge in [0.2, 0.25) is 5.82 Å². The van der Waals surface area contributed by atoms with Gasteiger partial charge in [-0.2, -0.15) is 13.2 Å². The van der Waals surface area contributed by atoms with E-state index in [1.165, 1.54) is 12.1 Å². The Labute approximate surface area is 176 Å². The van der Waals surface area contributed by atoms with Gasteiger partial charge in [-0.1, -0.05) is 48.5 Å². The van der Waals surface area contributed by atoms with Crippen molar-refractivity contribution < 1.29 is 18.0 Å². The van der Waals surface area contributed by atoms with Crippen molar-refractivity contribution in [3.05, 3.63) is 95.8 Å². The Balaban J connectivity index is 1.72. The molecule has 0 saturated carbocycles. The quantitative estimate of drug-likeness (QED) is 0.472. The van der Waals surface area contributed by atoms with Crippen LogP contribution < -0.4 is 5.32 Å². The highest BCUT2D eigenvalue weighted by molar-refractivity contribution is 6.01. The largest absolute Gasteiger partial charge is 0.416 e. The van der Waals surface area contributed by atoms with E-state index < -0.39 is 17.6 Å². The average molecular weight is 422 g/mol. The van der Waals surface area contributed by atoms with E-state index in [4.69, 9.17) is 0 Å². The molecule has 0 aliphatic heterocycles. The summed E-state index contributed by atoms with van der Waals surface area (Å²) in [5, 5.41) is 6.78. The van der Waals surface area contributed by atoms with Crippen LogP contribution in [0.2, 0.25) is 0 Å². The van der Waals surface area contributed by atoms with Gasteiger partial charge in [0, 0.05) is 11.3 Å². The predicted molar refractivity (Wildman–Crippen MR) is 111 cm³/mol. The lowest BCUT2D eigenvalue weighted by Gasteiger charge is -2.08. The number of halogens is 3. The number of anilines is 1. The van der Waals surface area contributed by atoms with Gasteiger partial charge in [-0.3, -0.25) is 4.79 Å². The van der Waals surface area contributed by atoms with Gasteiger partial charge in [-0.15, -0.1) is 5.10 Å². The molecule has 156 valence electrons. The maximum atomic E-state index is 13.0. The average Bonchev–Trinajstić information content (AvgIpc) is 3.20. The number of carbonyl (C=O) groups is 1. The van der Waals surface area contributed by atoms with Crippen molar-refractivity contribution in [1.29, 1.82) is 0 Å². The molecule has 8 heteroatoms. The van der Waals surface area contributed by atoms with E-state index in [1.807, 2.05) is 61.5 Å². The van der Waals surface area contributed by atoms with Crippen molar-refractivity contribution in [2.45, 2.75) is 13.1 Å². The molecule has 0 radical (unpaired) electrons. The van der Waals surface area contributed by atoms with Gasteiger partial charge in [0.1, 0.15) is 0 Å². The Morgan fingerprint density at radius 3 is 2.39 bits per heavy atom. The van der Waals surface area contributed by atoms with E-state index in [9.17, 15) is 18.0 Å². The first-order chi connectivity index (χ1) is 14.8. The highest BCUT2D eigenvalue weighted by Crippen LogP contribution is 2.30. The van der Waals surface area contributed by atoms with Crippen molar-refractivity contribution in [2.75, 3.05) is 5.32 Å². The van der Waals surface area contributed by atoms with Crippen LogP contribution in [0.25, 0.3) is 17.1 Å². The van der Waals surface area contributed by atoms with E-state index in [2.05, 4.69) is 15.4 Å². The van der Waals surface area contributed by atoms with Crippen LogP contribution in [0.1, 0.15) is 21.7 Å². The van der Waals surface area contributed by atoms with Gasteiger partial charge in [-0.05, 0) is 42.8 Å². The summed E-state index contributed by atoms with van der Waals surface area (Å²) in [6, 6.07) is 21.2. The second-order valence-corrected chi connectivity index (χ2v) is 6.91. The maximum Gasteiger partial charge on any atom is 0.416 e. The van der Waals surface area contributed by atoms with Crippen LogP contribution in [0.4, 0.5) is 18.9 Å². The molecule has 3 aromatic carbocycles. The summed E-state index contributed by atoms with van der Waals surface area (Å²) in [4.78, 5) is 17.1. The van der Waals surface area contributed by atoms with Crippen molar-refractivity contribution in [1.82, 2.24) is 14.8 Å². The zero-order valence-corrected chi connectivity index (χ0v) is 16.4. The molecule has 0 saturated heterocycles. The standard InChI is InChI=1S/C23H17F3N4O/c1-15-7-5-12-19(13-15)30-21(16-8-3-2-4-9-16)28-20(29-30)22(31)27-18-11-6-10-17(14-18)23(24,25)26/h2-14H,1H3,(H,27,31). The van der Waals surface area contributed by atoms with Crippen molar-refractivity contribution in [2.24, 2.45) is 0 Å². The van der Waals surface area contributed by atoms with E-state index >= 15 is 0 Å². The fourth-order valence-corrected chi connectivity index (χ4v) is 3.08. The number of alkyl halides is 3. The summed E-state index contributed by atoms with van der Waals surface area (Å²) < 4.78 is 40.4. The molecule has 5 nitrogen and oxygen atoms in total. The van der Waals surface area contributed by atoms with Crippen molar-refractivity contribution >= 4 is 11.6 Å². The summed E-state index contributed by atoms with van der Waals surface area (Å²) in [6.07, 6.45) is -4.51. The van der Waals surface area contributed by atoms with E-state index in [1.54, 1.807) is 4.68 Å². The lowest BCUT2D eigenvalue weighted by molar-refractivity contribution is -0.137. The van der Waals surface area contributed by atoms with Crippen LogP contribution in [0.3, 0.4) is 0 Å². The summed E-state index contributed by atoms with van der Waals surface area (Å²) in [7, 11) is 0. The Morgan fingerprint density at radius 2 is 1.68 bits per heavy atom. The summed E-state index contributed by atoms with van der Waals surface area (Å²) in [5.74, 6) is -0.416. The van der Waals surface area contributed by atoms with Gasteiger partial charge < -0.3 is 5.32 Å². The summed E-state index contributed by atoms with van der Waals surface area (Å²) >= 11 is 0. The highest BCUT2D eigenvalue weighted by Gasteiger charge is 2.30. The first-order valence-corrected chi connectivity index (χ1v) is 9.39. The third kappa shape index (κ3) is 4.48. The van der Waals surface area contributed by atoms with Crippen LogP contribution in [-0.4, -0.2) is 20.7 Å². The number of amides is 1. The second-order valence-electron chi connectivity index (χ2n) is 6.91. The van der Waals surface area contributed by atoms with Gasteiger partial charge >= 0.3 is 6.18 Å². The highest BCUT2D eigenvalue weighted by atomic mass is 19.4. The zero-order chi connectivity index (χ0) is 22.0. The fourth-order valence-electron chi connectivity index (χ4n) is 3.08. The first-order valence-electron chi connectivity index (χ1n) is 9.39. The first kappa shape index (κ1) is 20.3. The van der Waals surface area contributed by atoms with Crippen molar-refractivity contribution in [3.63, 3.8) is 0 Å². The van der Waals surface area contributed by atoms with Crippen LogP contribution in [-0.2, 0) is 6.18 Å². The number of hydrogen-bond donors (Lipinski definition) is 1. The molecule has 1 N–H and O–H groups in total. The predicted octanol–water partition coefficient (Wildman–Crippen LogP) is 5.51.